The first kappa shape index (κ1) is 36.3. The van der Waals surface area contributed by atoms with Crippen LogP contribution in [0, 0.1) is 0 Å². The molecule has 1 fully saturated rings. The number of benzene rings is 4. The topological polar surface area (TPSA) is 81.7 Å². The standard InChI is InChI=1S/C40H48O8Si/c1-40(2,3)49(5,6)48-35-34(28-43-26-29-16-10-7-11-17-29)46-39(45-33-24-22-32(42-4)23-25-33)37(47-38(41)31-20-14-9-15-21-31)36(35)44-27-30-18-12-8-13-19-30/h7-25,34-37,39H,26-28H2,1-6H3/t34-,35-,36+,37+,39+/m1/s1. The lowest BCUT2D eigenvalue weighted by atomic mass is 9.98. The summed E-state index contributed by atoms with van der Waals surface area (Å²) >= 11 is 0. The van der Waals surface area contributed by atoms with Crippen molar-refractivity contribution in [2.24, 2.45) is 0 Å². The summed E-state index contributed by atoms with van der Waals surface area (Å²) in [5.41, 5.74) is 2.41. The Morgan fingerprint density at radius 1 is 0.714 bits per heavy atom. The molecule has 1 aliphatic rings. The van der Waals surface area contributed by atoms with E-state index in [1.165, 1.54) is 0 Å². The van der Waals surface area contributed by atoms with Gasteiger partial charge in [-0.3, -0.25) is 0 Å². The fourth-order valence-corrected chi connectivity index (χ4v) is 6.59. The van der Waals surface area contributed by atoms with Crippen molar-refractivity contribution in [1.82, 2.24) is 0 Å². The number of ether oxygens (including phenoxy) is 6. The molecule has 1 saturated heterocycles. The molecule has 0 aromatic heterocycles. The van der Waals surface area contributed by atoms with Gasteiger partial charge in [0, 0.05) is 0 Å². The highest BCUT2D eigenvalue weighted by atomic mass is 28.4. The second-order valence-electron chi connectivity index (χ2n) is 13.7. The Balaban J connectivity index is 1.54. The number of methoxy groups -OCH3 is 1. The maximum atomic E-state index is 13.7. The Morgan fingerprint density at radius 2 is 1.27 bits per heavy atom. The molecule has 0 spiro atoms. The minimum absolute atomic E-state index is 0.126. The minimum Gasteiger partial charge on any atom is -0.497 e. The van der Waals surface area contributed by atoms with Gasteiger partial charge in [0.15, 0.2) is 14.4 Å². The molecule has 5 rings (SSSR count). The van der Waals surface area contributed by atoms with Gasteiger partial charge in [0.05, 0.1) is 32.5 Å². The van der Waals surface area contributed by atoms with Crippen molar-refractivity contribution in [2.75, 3.05) is 13.7 Å². The summed E-state index contributed by atoms with van der Waals surface area (Å²) in [4.78, 5) is 13.7. The summed E-state index contributed by atoms with van der Waals surface area (Å²) in [5.74, 6) is 0.680. The molecule has 8 nitrogen and oxygen atoms in total. The molecule has 0 amide bonds. The average molecular weight is 685 g/mol. The lowest BCUT2D eigenvalue weighted by molar-refractivity contribution is -0.286. The molecular formula is C40H48O8Si. The van der Waals surface area contributed by atoms with Gasteiger partial charge in [0.1, 0.15) is 29.8 Å². The third-order valence-corrected chi connectivity index (χ3v) is 13.5. The van der Waals surface area contributed by atoms with Crippen LogP contribution in [-0.2, 0) is 36.6 Å². The van der Waals surface area contributed by atoms with E-state index in [-0.39, 0.29) is 18.3 Å². The Labute approximate surface area is 291 Å². The number of carbonyl (C=O) groups excluding carboxylic acids is 1. The second-order valence-corrected chi connectivity index (χ2v) is 18.4. The normalized spacial score (nSPS) is 21.1. The van der Waals surface area contributed by atoms with Crippen LogP contribution in [0.5, 0.6) is 11.5 Å². The molecule has 0 bridgehead atoms. The quantitative estimate of drug-likeness (QED) is 0.0971. The van der Waals surface area contributed by atoms with Crippen molar-refractivity contribution in [3.8, 4) is 11.5 Å². The maximum Gasteiger partial charge on any atom is 0.338 e. The predicted molar refractivity (Wildman–Crippen MR) is 191 cm³/mol. The number of hydrogen-bond donors (Lipinski definition) is 0. The van der Waals surface area contributed by atoms with E-state index in [0.717, 1.165) is 11.1 Å². The van der Waals surface area contributed by atoms with Crippen molar-refractivity contribution in [3.05, 3.63) is 132 Å². The van der Waals surface area contributed by atoms with Gasteiger partial charge in [-0.25, -0.2) is 4.79 Å². The Bertz CT molecular complexity index is 1580. The molecule has 49 heavy (non-hydrogen) atoms. The smallest absolute Gasteiger partial charge is 0.338 e. The van der Waals surface area contributed by atoms with Gasteiger partial charge >= 0.3 is 5.97 Å². The molecule has 4 aromatic carbocycles. The zero-order valence-corrected chi connectivity index (χ0v) is 30.2. The van der Waals surface area contributed by atoms with Gasteiger partial charge in [0.2, 0.25) is 6.29 Å². The molecule has 260 valence electrons. The number of hydrogen-bond acceptors (Lipinski definition) is 8. The molecule has 5 atom stereocenters. The molecule has 9 heteroatoms. The van der Waals surface area contributed by atoms with Gasteiger partial charge in [0.25, 0.3) is 0 Å². The van der Waals surface area contributed by atoms with Crippen molar-refractivity contribution in [2.45, 2.75) is 82.8 Å². The molecule has 0 radical (unpaired) electrons. The number of rotatable bonds is 14. The summed E-state index contributed by atoms with van der Waals surface area (Å²) in [6.07, 6.45) is -4.09. The largest absolute Gasteiger partial charge is 0.497 e. The molecule has 0 N–H and O–H groups in total. The van der Waals surface area contributed by atoms with Crippen LogP contribution >= 0.6 is 0 Å². The zero-order valence-electron chi connectivity index (χ0n) is 29.2. The van der Waals surface area contributed by atoms with Crippen molar-refractivity contribution < 1.29 is 37.6 Å². The molecule has 1 heterocycles. The van der Waals surface area contributed by atoms with Crippen LogP contribution in [0.4, 0.5) is 0 Å². The molecule has 0 aliphatic carbocycles. The first-order valence-corrected chi connectivity index (χ1v) is 19.6. The van der Waals surface area contributed by atoms with Gasteiger partial charge in [-0.2, -0.15) is 0 Å². The summed E-state index contributed by atoms with van der Waals surface area (Å²) in [6.45, 7) is 11.8. The van der Waals surface area contributed by atoms with E-state index in [1.54, 1.807) is 55.6 Å². The van der Waals surface area contributed by atoms with E-state index >= 15 is 0 Å². The molecule has 0 unspecified atom stereocenters. The third-order valence-electron chi connectivity index (χ3n) is 9.07. The highest BCUT2D eigenvalue weighted by Crippen LogP contribution is 2.41. The zero-order chi connectivity index (χ0) is 34.9. The van der Waals surface area contributed by atoms with Crippen molar-refractivity contribution >= 4 is 14.3 Å². The number of esters is 1. The van der Waals surface area contributed by atoms with Crippen LogP contribution < -0.4 is 9.47 Å². The fraction of sp³-hybridized carbons (Fsp3) is 0.375. The lowest BCUT2D eigenvalue weighted by Crippen LogP contribution is -2.65. The van der Waals surface area contributed by atoms with E-state index < -0.39 is 45.0 Å². The minimum atomic E-state index is -2.44. The first-order chi connectivity index (χ1) is 23.5. The monoisotopic (exact) mass is 684 g/mol. The van der Waals surface area contributed by atoms with Gasteiger partial charge in [-0.05, 0) is 65.7 Å². The van der Waals surface area contributed by atoms with E-state index in [1.807, 2.05) is 66.7 Å². The summed E-state index contributed by atoms with van der Waals surface area (Å²) in [6, 6.07) is 35.9. The van der Waals surface area contributed by atoms with E-state index in [2.05, 4.69) is 33.9 Å². The average Bonchev–Trinajstić information content (AvgIpc) is 3.10. The van der Waals surface area contributed by atoms with Crippen molar-refractivity contribution in [1.29, 1.82) is 0 Å². The van der Waals surface area contributed by atoms with Crippen LogP contribution in [0.3, 0.4) is 0 Å². The Hall–Kier alpha value is -3.99. The highest BCUT2D eigenvalue weighted by Gasteiger charge is 2.54. The lowest BCUT2D eigenvalue weighted by Gasteiger charge is -2.49. The predicted octanol–water partition coefficient (Wildman–Crippen LogP) is 8.22. The van der Waals surface area contributed by atoms with Gasteiger partial charge in [-0.15, -0.1) is 0 Å². The molecule has 1 aliphatic heterocycles. The highest BCUT2D eigenvalue weighted by molar-refractivity contribution is 6.74. The summed E-state index contributed by atoms with van der Waals surface area (Å²) in [7, 11) is -0.831. The third kappa shape index (κ3) is 9.80. The maximum absolute atomic E-state index is 13.7. The number of carbonyl (C=O) groups is 1. The van der Waals surface area contributed by atoms with E-state index in [9.17, 15) is 4.79 Å². The molecule has 4 aromatic rings. The molecule has 0 saturated carbocycles. The second kappa shape index (κ2) is 16.6. The van der Waals surface area contributed by atoms with Crippen LogP contribution in [-0.4, -0.2) is 58.7 Å². The Morgan fingerprint density at radius 3 is 1.84 bits per heavy atom. The first-order valence-electron chi connectivity index (χ1n) is 16.7. The van der Waals surface area contributed by atoms with Crippen LogP contribution in [0.1, 0.15) is 42.3 Å². The summed E-state index contributed by atoms with van der Waals surface area (Å²) < 4.78 is 45.1. The fourth-order valence-electron chi connectivity index (χ4n) is 5.27. The van der Waals surface area contributed by atoms with E-state index in [4.69, 9.17) is 32.8 Å². The van der Waals surface area contributed by atoms with Crippen LogP contribution in [0.25, 0.3) is 0 Å². The van der Waals surface area contributed by atoms with Crippen molar-refractivity contribution in [3.63, 3.8) is 0 Å². The Kier molecular flexibility index (Phi) is 12.3. The summed E-state index contributed by atoms with van der Waals surface area (Å²) in [5, 5.41) is -0.126. The SMILES string of the molecule is COc1ccc(O[C@H]2O[C@H](COCc3ccccc3)[C@@H](O[Si](C)(C)C(C)(C)C)[C@H](OCc3ccccc3)[C@@H]2OC(=O)c2ccccc2)cc1. The van der Waals surface area contributed by atoms with Gasteiger partial charge in [-0.1, -0.05) is 99.6 Å². The van der Waals surface area contributed by atoms with Crippen LogP contribution in [0.2, 0.25) is 18.1 Å². The van der Waals surface area contributed by atoms with Gasteiger partial charge < -0.3 is 32.8 Å². The molecular weight excluding hydrogens is 637 g/mol. The van der Waals surface area contributed by atoms with E-state index in [0.29, 0.717) is 23.7 Å². The van der Waals surface area contributed by atoms with Crippen LogP contribution in [0.15, 0.2) is 115 Å².